The number of hydrogen-bond acceptors (Lipinski definition) is 3. The summed E-state index contributed by atoms with van der Waals surface area (Å²) in [4.78, 5) is 24.9. The lowest BCUT2D eigenvalue weighted by molar-refractivity contribution is 0.101. The van der Waals surface area contributed by atoms with Gasteiger partial charge in [0.25, 0.3) is 11.8 Å². The van der Waals surface area contributed by atoms with Crippen LogP contribution in [0.1, 0.15) is 31.8 Å². The zero-order valence-electron chi connectivity index (χ0n) is 15.9. The molecule has 142 valence electrons. The highest BCUT2D eigenvalue weighted by Gasteiger charge is 2.10. The average Bonchev–Trinajstić information content (AvgIpc) is 2.72. The molecule has 28 heavy (non-hydrogen) atoms. The fraction of sp³-hybridized carbons (Fsp3) is 0.130. The van der Waals surface area contributed by atoms with Gasteiger partial charge >= 0.3 is 0 Å². The van der Waals surface area contributed by atoms with Crippen molar-refractivity contribution in [3.8, 4) is 0 Å². The third-order valence-electron chi connectivity index (χ3n) is 4.31. The molecule has 0 spiro atoms. The number of amides is 2. The Kier molecular flexibility index (Phi) is 6.19. The van der Waals surface area contributed by atoms with Gasteiger partial charge in [0.15, 0.2) is 0 Å². The quantitative estimate of drug-likeness (QED) is 0.660. The number of ether oxygens (including phenoxy) is 1. The van der Waals surface area contributed by atoms with Crippen LogP contribution in [0.15, 0.2) is 72.8 Å². The molecule has 0 saturated carbocycles. The van der Waals surface area contributed by atoms with Gasteiger partial charge in [-0.1, -0.05) is 36.4 Å². The molecule has 3 rings (SSSR count). The summed E-state index contributed by atoms with van der Waals surface area (Å²) in [7, 11) is 1.63. The van der Waals surface area contributed by atoms with E-state index >= 15 is 0 Å². The van der Waals surface area contributed by atoms with Crippen molar-refractivity contribution in [1.82, 2.24) is 0 Å². The van der Waals surface area contributed by atoms with E-state index in [-0.39, 0.29) is 11.8 Å². The first-order valence-electron chi connectivity index (χ1n) is 8.93. The molecule has 5 nitrogen and oxygen atoms in total. The average molecular weight is 374 g/mol. The van der Waals surface area contributed by atoms with Crippen LogP contribution in [0, 0.1) is 6.92 Å². The SMILES string of the molecule is COCc1ccc(C(=O)Nc2cc(NC(=O)c3ccccc3)ccc2C)cc1. The normalized spacial score (nSPS) is 10.4. The van der Waals surface area contributed by atoms with Crippen LogP contribution < -0.4 is 10.6 Å². The molecule has 0 saturated heterocycles. The standard InChI is InChI=1S/C23H22N2O3/c1-16-8-13-20(24-22(26)18-6-4-3-5-7-18)14-21(16)25-23(27)19-11-9-17(10-12-19)15-28-2/h3-14H,15H2,1-2H3,(H,24,26)(H,25,27). The number of methoxy groups -OCH3 is 1. The van der Waals surface area contributed by atoms with Crippen molar-refractivity contribution >= 4 is 23.2 Å². The van der Waals surface area contributed by atoms with Crippen molar-refractivity contribution in [3.05, 3.63) is 95.1 Å². The monoisotopic (exact) mass is 374 g/mol. The van der Waals surface area contributed by atoms with Crippen molar-refractivity contribution in [2.24, 2.45) is 0 Å². The number of hydrogen-bond donors (Lipinski definition) is 2. The number of rotatable bonds is 6. The summed E-state index contributed by atoms with van der Waals surface area (Å²) in [6.45, 7) is 2.41. The second-order valence-electron chi connectivity index (χ2n) is 6.43. The summed E-state index contributed by atoms with van der Waals surface area (Å²) < 4.78 is 5.08. The van der Waals surface area contributed by atoms with Crippen molar-refractivity contribution < 1.29 is 14.3 Å². The zero-order chi connectivity index (χ0) is 19.9. The maximum Gasteiger partial charge on any atom is 0.255 e. The van der Waals surface area contributed by atoms with Gasteiger partial charge in [-0.3, -0.25) is 9.59 Å². The number of aryl methyl sites for hydroxylation is 1. The Balaban J connectivity index is 1.72. The van der Waals surface area contributed by atoms with Gasteiger partial charge in [0, 0.05) is 29.6 Å². The maximum atomic E-state index is 12.6. The van der Waals surface area contributed by atoms with Crippen LogP contribution in [0.25, 0.3) is 0 Å². The molecule has 0 aliphatic carbocycles. The topological polar surface area (TPSA) is 67.4 Å². The van der Waals surface area contributed by atoms with E-state index in [4.69, 9.17) is 4.74 Å². The largest absolute Gasteiger partial charge is 0.380 e. The summed E-state index contributed by atoms with van der Waals surface area (Å²) in [5.41, 5.74) is 4.30. The van der Waals surface area contributed by atoms with E-state index in [1.54, 1.807) is 37.4 Å². The molecule has 0 aromatic heterocycles. The lowest BCUT2D eigenvalue weighted by Gasteiger charge is -2.12. The molecular formula is C23H22N2O3. The smallest absolute Gasteiger partial charge is 0.255 e. The van der Waals surface area contributed by atoms with E-state index in [0.717, 1.165) is 11.1 Å². The minimum Gasteiger partial charge on any atom is -0.380 e. The van der Waals surface area contributed by atoms with Crippen LogP contribution in [-0.4, -0.2) is 18.9 Å². The highest BCUT2D eigenvalue weighted by molar-refractivity contribution is 6.06. The summed E-state index contributed by atoms with van der Waals surface area (Å²) in [5, 5.41) is 5.77. The van der Waals surface area contributed by atoms with E-state index in [0.29, 0.717) is 29.1 Å². The number of nitrogens with one attached hydrogen (secondary N) is 2. The minimum absolute atomic E-state index is 0.199. The molecule has 0 aliphatic heterocycles. The predicted octanol–water partition coefficient (Wildman–Crippen LogP) is 4.65. The summed E-state index contributed by atoms with van der Waals surface area (Å²) in [6.07, 6.45) is 0. The molecule has 3 aromatic carbocycles. The molecule has 0 fully saturated rings. The van der Waals surface area contributed by atoms with Crippen molar-refractivity contribution in [2.45, 2.75) is 13.5 Å². The number of carbonyl (C=O) groups is 2. The molecule has 0 atom stereocenters. The number of anilines is 2. The predicted molar refractivity (Wildman–Crippen MR) is 111 cm³/mol. The van der Waals surface area contributed by atoms with Crippen LogP contribution in [0.3, 0.4) is 0 Å². The fourth-order valence-corrected chi connectivity index (χ4v) is 2.74. The van der Waals surface area contributed by atoms with Gasteiger partial charge in [0.1, 0.15) is 0 Å². The Hall–Kier alpha value is -3.44. The second kappa shape index (κ2) is 8.97. The summed E-state index contributed by atoms with van der Waals surface area (Å²) in [5.74, 6) is -0.408. The molecule has 2 N–H and O–H groups in total. The van der Waals surface area contributed by atoms with Crippen LogP contribution in [0.4, 0.5) is 11.4 Å². The molecule has 5 heteroatoms. The number of carbonyl (C=O) groups excluding carboxylic acids is 2. The minimum atomic E-state index is -0.210. The Morgan fingerprint density at radius 2 is 1.46 bits per heavy atom. The number of benzene rings is 3. The van der Waals surface area contributed by atoms with Crippen molar-refractivity contribution in [3.63, 3.8) is 0 Å². The molecular weight excluding hydrogens is 352 g/mol. The van der Waals surface area contributed by atoms with Crippen molar-refractivity contribution in [2.75, 3.05) is 17.7 Å². The van der Waals surface area contributed by atoms with Gasteiger partial charge in [-0.15, -0.1) is 0 Å². The van der Waals surface area contributed by atoms with E-state index in [1.807, 2.05) is 49.4 Å². The first-order chi connectivity index (χ1) is 13.6. The highest BCUT2D eigenvalue weighted by Crippen LogP contribution is 2.22. The van der Waals surface area contributed by atoms with Crippen molar-refractivity contribution in [1.29, 1.82) is 0 Å². The van der Waals surface area contributed by atoms with E-state index in [1.165, 1.54) is 0 Å². The van der Waals surface area contributed by atoms with Crippen LogP contribution in [0.2, 0.25) is 0 Å². The van der Waals surface area contributed by atoms with Crippen LogP contribution in [-0.2, 0) is 11.3 Å². The van der Waals surface area contributed by atoms with E-state index in [9.17, 15) is 9.59 Å². The third-order valence-corrected chi connectivity index (χ3v) is 4.31. The fourth-order valence-electron chi connectivity index (χ4n) is 2.74. The van der Waals surface area contributed by atoms with Gasteiger partial charge in [0.2, 0.25) is 0 Å². The molecule has 0 bridgehead atoms. The first-order valence-corrected chi connectivity index (χ1v) is 8.93. The molecule has 0 unspecified atom stereocenters. The molecule has 0 heterocycles. The zero-order valence-corrected chi connectivity index (χ0v) is 15.9. The molecule has 2 amide bonds. The molecule has 0 radical (unpaired) electrons. The Bertz CT molecular complexity index is 967. The lowest BCUT2D eigenvalue weighted by Crippen LogP contribution is -2.14. The van der Waals surface area contributed by atoms with Gasteiger partial charge < -0.3 is 15.4 Å². The third kappa shape index (κ3) is 4.84. The van der Waals surface area contributed by atoms with Crippen LogP contribution >= 0.6 is 0 Å². The lowest BCUT2D eigenvalue weighted by atomic mass is 10.1. The Morgan fingerprint density at radius 1 is 0.821 bits per heavy atom. The van der Waals surface area contributed by atoms with Gasteiger partial charge in [-0.25, -0.2) is 0 Å². The van der Waals surface area contributed by atoms with Gasteiger partial charge in [-0.05, 0) is 54.4 Å². The summed E-state index contributed by atoms with van der Waals surface area (Å²) in [6, 6.07) is 21.7. The second-order valence-corrected chi connectivity index (χ2v) is 6.43. The summed E-state index contributed by atoms with van der Waals surface area (Å²) >= 11 is 0. The maximum absolute atomic E-state index is 12.6. The van der Waals surface area contributed by atoms with Crippen LogP contribution in [0.5, 0.6) is 0 Å². The Morgan fingerprint density at radius 3 is 2.14 bits per heavy atom. The van der Waals surface area contributed by atoms with E-state index < -0.39 is 0 Å². The first kappa shape index (κ1) is 19.3. The Labute approximate surface area is 164 Å². The van der Waals surface area contributed by atoms with Gasteiger partial charge in [0.05, 0.1) is 6.61 Å². The highest BCUT2D eigenvalue weighted by atomic mass is 16.5. The molecule has 0 aliphatic rings. The van der Waals surface area contributed by atoms with E-state index in [2.05, 4.69) is 10.6 Å². The molecule has 3 aromatic rings. The van der Waals surface area contributed by atoms with Gasteiger partial charge in [-0.2, -0.15) is 0 Å².